The fraction of sp³-hybridized carbons (Fsp3) is 0.923. The third kappa shape index (κ3) is 4.63. The Kier molecular flexibility index (Phi) is 5.26. The third-order valence-corrected chi connectivity index (χ3v) is 5.66. The number of piperidine rings is 1. The molecule has 0 atom stereocenters. The van der Waals surface area contributed by atoms with Gasteiger partial charge in [-0.1, -0.05) is 6.42 Å². The monoisotopic (exact) mass is 302 g/mol. The number of nitrogens with one attached hydrogen (secondary N) is 1. The van der Waals surface area contributed by atoms with Gasteiger partial charge in [0.25, 0.3) is 0 Å². The predicted molar refractivity (Wildman–Crippen MR) is 81.0 cm³/mol. The van der Waals surface area contributed by atoms with Gasteiger partial charge in [-0.25, -0.2) is 12.7 Å². The molecular formula is C13H26N4O2S. The molecule has 1 aliphatic carbocycles. The van der Waals surface area contributed by atoms with Gasteiger partial charge in [-0.05, 0) is 37.5 Å². The third-order valence-electron chi connectivity index (χ3n) is 4.36. The average molecular weight is 302 g/mol. The van der Waals surface area contributed by atoms with E-state index in [4.69, 9.17) is 5.73 Å². The lowest BCUT2D eigenvalue weighted by Gasteiger charge is -2.30. The molecule has 0 radical (unpaired) electrons. The molecule has 6 nitrogen and oxygen atoms in total. The van der Waals surface area contributed by atoms with Crippen molar-refractivity contribution < 1.29 is 8.42 Å². The second-order valence-corrected chi connectivity index (χ2v) is 7.99. The van der Waals surface area contributed by atoms with Crippen LogP contribution in [0.5, 0.6) is 0 Å². The number of guanidine groups is 1. The molecule has 1 saturated heterocycles. The number of hydrogen-bond acceptors (Lipinski definition) is 3. The molecule has 0 unspecified atom stereocenters. The molecule has 0 aromatic heterocycles. The molecule has 2 rings (SSSR count). The van der Waals surface area contributed by atoms with Gasteiger partial charge in [-0.2, -0.15) is 0 Å². The molecular weight excluding hydrogens is 276 g/mol. The molecule has 1 heterocycles. The van der Waals surface area contributed by atoms with E-state index in [0.29, 0.717) is 25.0 Å². The molecule has 3 N–H and O–H groups in total. The average Bonchev–Trinajstić information content (AvgIpc) is 2.34. The Morgan fingerprint density at radius 3 is 2.40 bits per heavy atom. The summed E-state index contributed by atoms with van der Waals surface area (Å²) < 4.78 is 24.4. The summed E-state index contributed by atoms with van der Waals surface area (Å²) in [5.41, 5.74) is 5.85. The van der Waals surface area contributed by atoms with Crippen LogP contribution >= 0.6 is 0 Å². The molecule has 1 aliphatic heterocycles. The van der Waals surface area contributed by atoms with Crippen LogP contribution in [-0.2, 0) is 10.0 Å². The van der Waals surface area contributed by atoms with E-state index in [9.17, 15) is 8.42 Å². The van der Waals surface area contributed by atoms with Crippen LogP contribution < -0.4 is 11.1 Å². The Morgan fingerprint density at radius 2 is 1.90 bits per heavy atom. The number of nitrogens with two attached hydrogens (primary N) is 1. The quantitative estimate of drug-likeness (QED) is 0.567. The fourth-order valence-corrected chi connectivity index (χ4v) is 3.53. The Bertz CT molecular complexity index is 437. The minimum absolute atomic E-state index is 0.477. The smallest absolute Gasteiger partial charge is 0.211 e. The van der Waals surface area contributed by atoms with Gasteiger partial charge in [0.15, 0.2) is 5.96 Å². The standard InChI is InChI=1S/C13H26N4O2S/c1-20(18,19)17-7-5-12(6-8-17)10-16-13(14)15-9-11-3-2-4-11/h11-12H,2-10H2,1H3,(H3,14,15,16). The lowest BCUT2D eigenvalue weighted by Crippen LogP contribution is -2.42. The van der Waals surface area contributed by atoms with E-state index >= 15 is 0 Å². The van der Waals surface area contributed by atoms with Crippen molar-refractivity contribution in [2.24, 2.45) is 22.6 Å². The molecule has 2 aliphatic rings. The van der Waals surface area contributed by atoms with Crippen molar-refractivity contribution >= 4 is 16.0 Å². The highest BCUT2D eigenvalue weighted by Gasteiger charge is 2.24. The van der Waals surface area contributed by atoms with Gasteiger partial charge in [0, 0.05) is 26.2 Å². The Labute approximate surface area is 121 Å². The van der Waals surface area contributed by atoms with E-state index in [-0.39, 0.29) is 0 Å². The summed E-state index contributed by atoms with van der Waals surface area (Å²) in [6, 6.07) is 0. The summed E-state index contributed by atoms with van der Waals surface area (Å²) in [5.74, 6) is 1.74. The first-order valence-electron chi connectivity index (χ1n) is 7.44. The Hall–Kier alpha value is -0.820. The van der Waals surface area contributed by atoms with Gasteiger partial charge >= 0.3 is 0 Å². The van der Waals surface area contributed by atoms with Gasteiger partial charge in [0.05, 0.1) is 6.26 Å². The van der Waals surface area contributed by atoms with Crippen molar-refractivity contribution in [1.82, 2.24) is 9.62 Å². The van der Waals surface area contributed by atoms with E-state index in [2.05, 4.69) is 10.3 Å². The van der Waals surface area contributed by atoms with Crippen LogP contribution in [0.4, 0.5) is 0 Å². The number of hydrogen-bond donors (Lipinski definition) is 2. The Morgan fingerprint density at radius 1 is 1.25 bits per heavy atom. The highest BCUT2D eigenvalue weighted by molar-refractivity contribution is 7.88. The number of aliphatic imine (C=N–C) groups is 1. The summed E-state index contributed by atoms with van der Waals surface area (Å²) in [6.45, 7) is 2.86. The largest absolute Gasteiger partial charge is 0.370 e. The van der Waals surface area contributed by atoms with Gasteiger partial charge in [0.1, 0.15) is 0 Å². The van der Waals surface area contributed by atoms with Crippen LogP contribution in [0.3, 0.4) is 0 Å². The van der Waals surface area contributed by atoms with Crippen molar-refractivity contribution in [3.05, 3.63) is 0 Å². The second kappa shape index (κ2) is 6.76. The van der Waals surface area contributed by atoms with Crippen LogP contribution in [0.25, 0.3) is 0 Å². The molecule has 0 spiro atoms. The molecule has 116 valence electrons. The maximum atomic E-state index is 11.4. The second-order valence-electron chi connectivity index (χ2n) is 6.01. The summed E-state index contributed by atoms with van der Waals surface area (Å²) in [5, 5.41) is 3.17. The maximum Gasteiger partial charge on any atom is 0.211 e. The SMILES string of the molecule is CS(=O)(=O)N1CCC(CNC(N)=NCC2CCC2)CC1. The maximum absolute atomic E-state index is 11.4. The van der Waals surface area contributed by atoms with Crippen LogP contribution in [0.2, 0.25) is 0 Å². The highest BCUT2D eigenvalue weighted by Crippen LogP contribution is 2.26. The summed E-state index contributed by atoms with van der Waals surface area (Å²) in [6.07, 6.45) is 6.93. The van der Waals surface area contributed by atoms with E-state index < -0.39 is 10.0 Å². The molecule has 0 bridgehead atoms. The highest BCUT2D eigenvalue weighted by atomic mass is 32.2. The molecule has 7 heteroatoms. The van der Waals surface area contributed by atoms with E-state index in [1.807, 2.05) is 0 Å². The van der Waals surface area contributed by atoms with Gasteiger partial charge < -0.3 is 11.1 Å². The minimum atomic E-state index is -3.03. The summed E-state index contributed by atoms with van der Waals surface area (Å²) in [7, 11) is -3.03. The van der Waals surface area contributed by atoms with E-state index in [1.54, 1.807) is 4.31 Å². The molecule has 0 amide bonds. The van der Waals surface area contributed by atoms with Gasteiger partial charge in [-0.15, -0.1) is 0 Å². The zero-order valence-electron chi connectivity index (χ0n) is 12.2. The minimum Gasteiger partial charge on any atom is -0.370 e. The normalized spacial score (nSPS) is 23.6. The predicted octanol–water partition coefficient (Wildman–Crippen LogP) is 0.362. The van der Waals surface area contributed by atoms with Gasteiger partial charge in [-0.3, -0.25) is 4.99 Å². The summed E-state index contributed by atoms with van der Waals surface area (Å²) >= 11 is 0. The van der Waals surface area contributed by atoms with Crippen LogP contribution in [0.15, 0.2) is 4.99 Å². The lowest BCUT2D eigenvalue weighted by atomic mass is 9.86. The molecule has 0 aromatic carbocycles. The molecule has 1 saturated carbocycles. The van der Waals surface area contributed by atoms with Crippen LogP contribution in [0, 0.1) is 11.8 Å². The zero-order valence-corrected chi connectivity index (χ0v) is 13.0. The first-order valence-corrected chi connectivity index (χ1v) is 9.29. The molecule has 0 aromatic rings. The lowest BCUT2D eigenvalue weighted by molar-refractivity contribution is 0.275. The van der Waals surface area contributed by atoms with Crippen molar-refractivity contribution in [1.29, 1.82) is 0 Å². The number of rotatable bonds is 5. The van der Waals surface area contributed by atoms with E-state index in [0.717, 1.165) is 31.8 Å². The van der Waals surface area contributed by atoms with Crippen LogP contribution in [-0.4, -0.2) is 51.1 Å². The van der Waals surface area contributed by atoms with Gasteiger partial charge in [0.2, 0.25) is 10.0 Å². The zero-order chi connectivity index (χ0) is 14.6. The van der Waals surface area contributed by atoms with Crippen LogP contribution in [0.1, 0.15) is 32.1 Å². The topological polar surface area (TPSA) is 87.8 Å². The number of sulfonamides is 1. The van der Waals surface area contributed by atoms with Crippen molar-refractivity contribution in [3.63, 3.8) is 0 Å². The first-order chi connectivity index (χ1) is 9.45. The molecule has 20 heavy (non-hydrogen) atoms. The molecule has 2 fully saturated rings. The number of nitrogens with zero attached hydrogens (tertiary/aromatic N) is 2. The van der Waals surface area contributed by atoms with Crippen molar-refractivity contribution in [2.75, 3.05) is 32.4 Å². The first kappa shape index (κ1) is 15.6. The van der Waals surface area contributed by atoms with Crippen molar-refractivity contribution in [3.8, 4) is 0 Å². The fourth-order valence-electron chi connectivity index (χ4n) is 2.65. The van der Waals surface area contributed by atoms with Crippen molar-refractivity contribution in [2.45, 2.75) is 32.1 Å². The summed E-state index contributed by atoms with van der Waals surface area (Å²) in [4.78, 5) is 4.36. The Balaban J connectivity index is 1.65. The van der Waals surface area contributed by atoms with E-state index in [1.165, 1.54) is 25.5 Å².